The number of benzene rings is 1. The van der Waals surface area contributed by atoms with E-state index in [-0.39, 0.29) is 29.1 Å². The fourth-order valence-electron chi connectivity index (χ4n) is 3.00. The molecule has 6 heteroatoms. The zero-order valence-corrected chi connectivity index (χ0v) is 15.0. The normalized spacial score (nSPS) is 11.2. The number of aromatic hydroxyl groups is 1. The van der Waals surface area contributed by atoms with Crippen molar-refractivity contribution in [1.82, 2.24) is 9.55 Å². The van der Waals surface area contributed by atoms with Gasteiger partial charge in [-0.05, 0) is 55.5 Å². The molecule has 0 aliphatic rings. The third-order valence-electron chi connectivity index (χ3n) is 4.32. The average Bonchev–Trinajstić information content (AvgIpc) is 2.64. The van der Waals surface area contributed by atoms with Gasteiger partial charge in [0.05, 0.1) is 11.1 Å². The summed E-state index contributed by atoms with van der Waals surface area (Å²) in [6.45, 7) is 4.17. The maximum absolute atomic E-state index is 13.1. The SMILES string of the molecule is [CH2]Cc1c(O)c2ncc(Cc3ccc(F)cc3)cc2n(CCCCl)c1=O. The first-order chi connectivity index (χ1) is 12.5. The van der Waals surface area contributed by atoms with E-state index >= 15 is 0 Å². The second kappa shape index (κ2) is 7.87. The molecule has 0 unspecified atom stereocenters. The second-order valence-corrected chi connectivity index (χ2v) is 6.47. The number of aryl methyl sites for hydroxylation is 1. The lowest BCUT2D eigenvalue weighted by molar-refractivity contribution is 0.470. The lowest BCUT2D eigenvalue weighted by Gasteiger charge is -2.14. The monoisotopic (exact) mass is 373 g/mol. The van der Waals surface area contributed by atoms with Crippen LogP contribution in [0.2, 0.25) is 0 Å². The van der Waals surface area contributed by atoms with Crippen LogP contribution in [0.1, 0.15) is 23.1 Å². The Morgan fingerprint density at radius 3 is 2.62 bits per heavy atom. The summed E-state index contributed by atoms with van der Waals surface area (Å²) >= 11 is 5.79. The molecule has 3 aromatic rings. The highest BCUT2D eigenvalue weighted by molar-refractivity contribution is 6.17. The highest BCUT2D eigenvalue weighted by Crippen LogP contribution is 2.26. The van der Waals surface area contributed by atoms with Gasteiger partial charge >= 0.3 is 0 Å². The van der Waals surface area contributed by atoms with Crippen molar-refractivity contribution in [2.75, 3.05) is 5.88 Å². The standard InChI is InChI=1S/C20H19ClFN2O2/c1-2-16-19(25)18-17(24(20(16)26)9-3-8-21)11-14(12-23-18)10-13-4-6-15(22)7-5-13/h4-7,11-12,25H,1-3,8-10H2. The maximum atomic E-state index is 13.1. The fourth-order valence-corrected chi connectivity index (χ4v) is 3.12. The Kier molecular flexibility index (Phi) is 5.57. The lowest BCUT2D eigenvalue weighted by atomic mass is 10.0. The molecule has 0 amide bonds. The molecule has 26 heavy (non-hydrogen) atoms. The first kappa shape index (κ1) is 18.4. The predicted octanol–water partition coefficient (Wildman–Crippen LogP) is 3.84. The van der Waals surface area contributed by atoms with Crippen molar-refractivity contribution in [3.8, 4) is 5.75 Å². The van der Waals surface area contributed by atoms with E-state index in [1.807, 2.05) is 6.07 Å². The molecule has 0 aliphatic carbocycles. The summed E-state index contributed by atoms with van der Waals surface area (Å²) in [5, 5.41) is 10.4. The van der Waals surface area contributed by atoms with Gasteiger partial charge in [-0.2, -0.15) is 0 Å². The minimum atomic E-state index is -0.286. The second-order valence-electron chi connectivity index (χ2n) is 6.09. The van der Waals surface area contributed by atoms with Crippen LogP contribution in [0.15, 0.2) is 41.3 Å². The lowest BCUT2D eigenvalue weighted by Crippen LogP contribution is -2.25. The Hall–Kier alpha value is -2.40. The summed E-state index contributed by atoms with van der Waals surface area (Å²) in [5.41, 5.74) is 2.72. The van der Waals surface area contributed by atoms with E-state index in [0.29, 0.717) is 36.3 Å². The third-order valence-corrected chi connectivity index (χ3v) is 4.58. The van der Waals surface area contributed by atoms with Gasteiger partial charge in [0.1, 0.15) is 11.3 Å². The number of hydrogen-bond acceptors (Lipinski definition) is 3. The minimum Gasteiger partial charge on any atom is -0.505 e. The largest absolute Gasteiger partial charge is 0.505 e. The molecule has 0 atom stereocenters. The van der Waals surface area contributed by atoms with Crippen LogP contribution in [0.4, 0.5) is 4.39 Å². The van der Waals surface area contributed by atoms with Gasteiger partial charge in [0.15, 0.2) is 5.75 Å². The van der Waals surface area contributed by atoms with Gasteiger partial charge in [0.25, 0.3) is 5.56 Å². The minimum absolute atomic E-state index is 0.115. The Bertz CT molecular complexity index is 984. The van der Waals surface area contributed by atoms with E-state index in [2.05, 4.69) is 11.9 Å². The number of nitrogens with zero attached hydrogens (tertiary/aromatic N) is 2. The van der Waals surface area contributed by atoms with Crippen molar-refractivity contribution in [2.24, 2.45) is 0 Å². The first-order valence-electron chi connectivity index (χ1n) is 8.38. The zero-order chi connectivity index (χ0) is 18.7. The van der Waals surface area contributed by atoms with E-state index in [4.69, 9.17) is 11.6 Å². The summed E-state index contributed by atoms with van der Waals surface area (Å²) in [6.07, 6.45) is 3.01. The molecule has 0 fully saturated rings. The van der Waals surface area contributed by atoms with E-state index in [9.17, 15) is 14.3 Å². The molecule has 0 bridgehead atoms. The van der Waals surface area contributed by atoms with E-state index < -0.39 is 0 Å². The number of fused-ring (bicyclic) bond motifs is 1. The van der Waals surface area contributed by atoms with Crippen LogP contribution in [-0.4, -0.2) is 20.5 Å². The summed E-state index contributed by atoms with van der Waals surface area (Å²) in [6, 6.07) is 8.08. The van der Waals surface area contributed by atoms with Crippen LogP contribution in [0.25, 0.3) is 11.0 Å². The molecule has 3 rings (SSSR count). The van der Waals surface area contributed by atoms with Crippen molar-refractivity contribution < 1.29 is 9.50 Å². The Morgan fingerprint density at radius 2 is 1.96 bits per heavy atom. The number of aromatic nitrogens is 2. The molecular formula is C20H19ClFN2O2. The van der Waals surface area contributed by atoms with Crippen LogP contribution < -0.4 is 5.56 Å². The smallest absolute Gasteiger partial charge is 0.258 e. The van der Waals surface area contributed by atoms with Crippen LogP contribution in [0, 0.1) is 12.7 Å². The number of rotatable bonds is 6. The summed E-state index contributed by atoms with van der Waals surface area (Å²) in [5.74, 6) is 0.0263. The first-order valence-corrected chi connectivity index (χ1v) is 8.91. The molecule has 135 valence electrons. The number of halogens is 2. The molecule has 1 N–H and O–H groups in total. The van der Waals surface area contributed by atoms with Gasteiger partial charge in [0.2, 0.25) is 0 Å². The van der Waals surface area contributed by atoms with Crippen molar-refractivity contribution in [3.05, 3.63) is 76.3 Å². The number of hydrogen-bond donors (Lipinski definition) is 1. The van der Waals surface area contributed by atoms with Gasteiger partial charge in [0, 0.05) is 18.6 Å². The quantitative estimate of drug-likeness (QED) is 0.668. The Morgan fingerprint density at radius 1 is 1.23 bits per heavy atom. The zero-order valence-electron chi connectivity index (χ0n) is 14.2. The van der Waals surface area contributed by atoms with Gasteiger partial charge < -0.3 is 9.67 Å². The van der Waals surface area contributed by atoms with Crippen molar-refractivity contribution in [3.63, 3.8) is 0 Å². The van der Waals surface area contributed by atoms with E-state index in [0.717, 1.165) is 11.1 Å². The molecule has 4 nitrogen and oxygen atoms in total. The highest BCUT2D eigenvalue weighted by Gasteiger charge is 2.16. The van der Waals surface area contributed by atoms with Crippen LogP contribution in [0.5, 0.6) is 5.75 Å². The van der Waals surface area contributed by atoms with Crippen molar-refractivity contribution >= 4 is 22.6 Å². The van der Waals surface area contributed by atoms with Crippen molar-refractivity contribution in [1.29, 1.82) is 0 Å². The fraction of sp³-hybridized carbons (Fsp3) is 0.250. The molecule has 1 aromatic carbocycles. The summed E-state index contributed by atoms with van der Waals surface area (Å²) < 4.78 is 14.7. The van der Waals surface area contributed by atoms with Gasteiger partial charge in [-0.1, -0.05) is 12.1 Å². The highest BCUT2D eigenvalue weighted by atomic mass is 35.5. The van der Waals surface area contributed by atoms with Crippen LogP contribution in [0.3, 0.4) is 0 Å². The molecule has 0 spiro atoms. The Labute approximate surface area is 155 Å². The summed E-state index contributed by atoms with van der Waals surface area (Å²) in [4.78, 5) is 17.1. The summed E-state index contributed by atoms with van der Waals surface area (Å²) in [7, 11) is 0. The van der Waals surface area contributed by atoms with E-state index in [1.165, 1.54) is 12.1 Å². The number of pyridine rings is 2. The van der Waals surface area contributed by atoms with E-state index in [1.54, 1.807) is 22.9 Å². The Balaban J connectivity index is 2.11. The molecule has 2 aromatic heterocycles. The van der Waals surface area contributed by atoms with Gasteiger partial charge in [-0.25, -0.2) is 4.39 Å². The third kappa shape index (κ3) is 3.58. The molecule has 0 saturated heterocycles. The maximum Gasteiger partial charge on any atom is 0.258 e. The van der Waals surface area contributed by atoms with Crippen LogP contribution in [-0.2, 0) is 19.4 Å². The molecule has 2 heterocycles. The predicted molar refractivity (Wildman–Crippen MR) is 101 cm³/mol. The topological polar surface area (TPSA) is 55.1 Å². The number of alkyl halides is 1. The van der Waals surface area contributed by atoms with Crippen molar-refractivity contribution in [2.45, 2.75) is 25.8 Å². The molecule has 0 aliphatic heterocycles. The molecular weight excluding hydrogens is 355 g/mol. The molecule has 0 saturated carbocycles. The van der Waals surface area contributed by atoms with Gasteiger partial charge in [-0.3, -0.25) is 9.78 Å². The average molecular weight is 374 g/mol. The van der Waals surface area contributed by atoms with Gasteiger partial charge in [-0.15, -0.1) is 11.6 Å². The van der Waals surface area contributed by atoms with Crippen LogP contribution >= 0.6 is 11.6 Å². The molecule has 1 radical (unpaired) electrons.